The van der Waals surface area contributed by atoms with Gasteiger partial charge >= 0.3 is 5.97 Å². The van der Waals surface area contributed by atoms with Gasteiger partial charge < -0.3 is 10.0 Å². The highest BCUT2D eigenvalue weighted by Gasteiger charge is 2.27. The zero-order valence-corrected chi connectivity index (χ0v) is 13.7. The molecule has 0 fully saturated rings. The zero-order chi connectivity index (χ0) is 16.0. The Morgan fingerprint density at radius 1 is 1.33 bits per heavy atom. The number of carboxylic acid groups (broad SMARTS) is 1. The van der Waals surface area contributed by atoms with Gasteiger partial charge in [-0.05, 0) is 47.0 Å². The first kappa shape index (κ1) is 17.7. The molecule has 1 aliphatic rings. The van der Waals surface area contributed by atoms with Crippen LogP contribution in [0.25, 0.3) is 0 Å². The number of carboxylic acids is 1. The number of hydrogen-bond donors (Lipinski definition) is 1. The third-order valence-corrected chi connectivity index (χ3v) is 3.85. The number of nitrogens with zero attached hydrogens (tertiary/aromatic N) is 2. The van der Waals surface area contributed by atoms with Crippen LogP contribution < -0.4 is 0 Å². The smallest absolute Gasteiger partial charge is 0.304 e. The predicted molar refractivity (Wildman–Crippen MR) is 82.9 cm³/mol. The van der Waals surface area contributed by atoms with Crippen LogP contribution in [0.1, 0.15) is 53.4 Å². The SMILES string of the molecule is CCN(C(=O)CN(CCC(=O)O)C(C)(C)C)C1=CCCC1. The van der Waals surface area contributed by atoms with E-state index in [1.54, 1.807) is 0 Å². The Morgan fingerprint density at radius 2 is 2.00 bits per heavy atom. The Labute approximate surface area is 127 Å². The fraction of sp³-hybridized carbons (Fsp3) is 0.750. The molecule has 0 saturated carbocycles. The van der Waals surface area contributed by atoms with Crippen molar-refractivity contribution in [2.45, 2.75) is 58.9 Å². The van der Waals surface area contributed by atoms with Gasteiger partial charge in [0, 0.05) is 24.3 Å². The fourth-order valence-corrected chi connectivity index (χ4v) is 2.57. The second kappa shape index (κ2) is 7.59. The number of likely N-dealkylation sites (N-methyl/N-ethyl adjacent to an activating group) is 1. The molecule has 0 heterocycles. The van der Waals surface area contributed by atoms with E-state index in [1.165, 1.54) is 0 Å². The van der Waals surface area contributed by atoms with Gasteiger partial charge in [0.1, 0.15) is 0 Å². The normalized spacial score (nSPS) is 15.2. The summed E-state index contributed by atoms with van der Waals surface area (Å²) in [6.07, 6.45) is 5.31. The molecule has 0 unspecified atom stereocenters. The van der Waals surface area contributed by atoms with E-state index in [4.69, 9.17) is 5.11 Å². The van der Waals surface area contributed by atoms with Gasteiger partial charge in [0.2, 0.25) is 5.91 Å². The van der Waals surface area contributed by atoms with Crippen molar-refractivity contribution in [1.29, 1.82) is 0 Å². The number of carbonyl (C=O) groups is 2. The first-order valence-electron chi connectivity index (χ1n) is 7.72. The number of amides is 1. The van der Waals surface area contributed by atoms with E-state index >= 15 is 0 Å². The largest absolute Gasteiger partial charge is 0.481 e. The summed E-state index contributed by atoms with van der Waals surface area (Å²) in [5.74, 6) is -0.770. The molecule has 21 heavy (non-hydrogen) atoms. The predicted octanol–water partition coefficient (Wildman–Crippen LogP) is 2.48. The Balaban J connectivity index is 2.71. The highest BCUT2D eigenvalue weighted by Crippen LogP contribution is 2.22. The van der Waals surface area contributed by atoms with Gasteiger partial charge in [0.05, 0.1) is 13.0 Å². The lowest BCUT2D eigenvalue weighted by molar-refractivity contribution is -0.139. The molecule has 0 aromatic carbocycles. The number of carbonyl (C=O) groups excluding carboxylic acids is 1. The summed E-state index contributed by atoms with van der Waals surface area (Å²) >= 11 is 0. The van der Waals surface area contributed by atoms with E-state index in [-0.39, 0.29) is 24.4 Å². The standard InChI is InChI=1S/C16H28N2O3/c1-5-18(13-8-6-7-9-13)14(19)12-17(16(2,3)4)11-10-15(20)21/h8H,5-7,9-12H2,1-4H3,(H,20,21). The molecule has 0 bridgehead atoms. The monoisotopic (exact) mass is 296 g/mol. The van der Waals surface area contributed by atoms with Crippen molar-refractivity contribution in [2.24, 2.45) is 0 Å². The number of aliphatic carboxylic acids is 1. The van der Waals surface area contributed by atoms with Crippen molar-refractivity contribution in [3.05, 3.63) is 11.8 Å². The van der Waals surface area contributed by atoms with Crippen LogP contribution in [0.15, 0.2) is 11.8 Å². The van der Waals surface area contributed by atoms with Crippen LogP contribution in [0, 0.1) is 0 Å². The summed E-state index contributed by atoms with van der Waals surface area (Å²) in [7, 11) is 0. The van der Waals surface area contributed by atoms with Gasteiger partial charge in [-0.2, -0.15) is 0 Å². The molecule has 0 aromatic rings. The Bertz CT molecular complexity index is 410. The lowest BCUT2D eigenvalue weighted by Gasteiger charge is -2.36. The van der Waals surface area contributed by atoms with Crippen LogP contribution in [0.4, 0.5) is 0 Å². The van der Waals surface area contributed by atoms with Crippen molar-refractivity contribution in [2.75, 3.05) is 19.6 Å². The van der Waals surface area contributed by atoms with Gasteiger partial charge in [-0.15, -0.1) is 0 Å². The highest BCUT2D eigenvalue weighted by molar-refractivity contribution is 5.80. The maximum Gasteiger partial charge on any atom is 0.304 e. The first-order chi connectivity index (χ1) is 9.75. The summed E-state index contributed by atoms with van der Waals surface area (Å²) < 4.78 is 0. The van der Waals surface area contributed by atoms with Crippen LogP contribution in [0.5, 0.6) is 0 Å². The summed E-state index contributed by atoms with van der Waals surface area (Å²) in [6.45, 7) is 9.33. The summed E-state index contributed by atoms with van der Waals surface area (Å²) in [5.41, 5.74) is 0.892. The second-order valence-electron chi connectivity index (χ2n) is 6.46. The molecule has 0 aliphatic heterocycles. The third kappa shape index (κ3) is 5.50. The Hall–Kier alpha value is -1.36. The molecule has 1 N–H and O–H groups in total. The van der Waals surface area contributed by atoms with Crippen LogP contribution in [0.2, 0.25) is 0 Å². The minimum Gasteiger partial charge on any atom is -0.481 e. The van der Waals surface area contributed by atoms with Gasteiger partial charge in [0.15, 0.2) is 0 Å². The van der Waals surface area contributed by atoms with E-state index < -0.39 is 5.97 Å². The molecule has 5 nitrogen and oxygen atoms in total. The maximum atomic E-state index is 12.6. The number of hydrogen-bond acceptors (Lipinski definition) is 3. The van der Waals surface area contributed by atoms with E-state index in [0.717, 1.165) is 25.0 Å². The minimum absolute atomic E-state index is 0.0549. The molecule has 0 saturated heterocycles. The quantitative estimate of drug-likeness (QED) is 0.784. The molecular weight excluding hydrogens is 268 g/mol. The maximum absolute atomic E-state index is 12.6. The fourth-order valence-electron chi connectivity index (χ4n) is 2.57. The van der Waals surface area contributed by atoms with E-state index in [9.17, 15) is 9.59 Å². The molecular formula is C16H28N2O3. The Kier molecular flexibility index (Phi) is 6.40. The second-order valence-corrected chi connectivity index (χ2v) is 6.46. The van der Waals surface area contributed by atoms with Gasteiger partial charge in [-0.1, -0.05) is 6.08 Å². The first-order valence-corrected chi connectivity index (χ1v) is 7.72. The topological polar surface area (TPSA) is 60.9 Å². The van der Waals surface area contributed by atoms with Gasteiger partial charge in [0.25, 0.3) is 0 Å². The van der Waals surface area contributed by atoms with Crippen molar-refractivity contribution in [1.82, 2.24) is 9.80 Å². The molecule has 0 aromatic heterocycles. The molecule has 120 valence electrons. The van der Waals surface area contributed by atoms with E-state index in [1.807, 2.05) is 37.5 Å². The average molecular weight is 296 g/mol. The summed E-state index contributed by atoms with van der Waals surface area (Å²) in [4.78, 5) is 27.1. The van der Waals surface area contributed by atoms with E-state index in [0.29, 0.717) is 13.1 Å². The minimum atomic E-state index is -0.831. The van der Waals surface area contributed by atoms with Gasteiger partial charge in [-0.25, -0.2) is 0 Å². The van der Waals surface area contributed by atoms with Crippen molar-refractivity contribution < 1.29 is 14.7 Å². The van der Waals surface area contributed by atoms with Gasteiger partial charge in [-0.3, -0.25) is 14.5 Å². The molecule has 0 spiro atoms. The van der Waals surface area contributed by atoms with Crippen molar-refractivity contribution in [3.63, 3.8) is 0 Å². The van der Waals surface area contributed by atoms with Crippen LogP contribution in [-0.2, 0) is 9.59 Å². The lowest BCUT2D eigenvalue weighted by atomic mass is 10.1. The van der Waals surface area contributed by atoms with Crippen molar-refractivity contribution >= 4 is 11.9 Å². The molecule has 0 radical (unpaired) electrons. The summed E-state index contributed by atoms with van der Waals surface area (Å²) in [6, 6.07) is 0. The summed E-state index contributed by atoms with van der Waals surface area (Å²) in [5, 5.41) is 8.86. The molecule has 1 rings (SSSR count). The molecule has 1 aliphatic carbocycles. The average Bonchev–Trinajstić information content (AvgIpc) is 2.87. The van der Waals surface area contributed by atoms with Crippen LogP contribution >= 0.6 is 0 Å². The molecule has 0 atom stereocenters. The number of allylic oxidation sites excluding steroid dienone is 2. The third-order valence-electron chi connectivity index (χ3n) is 3.85. The van der Waals surface area contributed by atoms with Crippen LogP contribution in [-0.4, -0.2) is 52.0 Å². The molecule has 5 heteroatoms. The molecule has 1 amide bonds. The van der Waals surface area contributed by atoms with Crippen molar-refractivity contribution in [3.8, 4) is 0 Å². The van der Waals surface area contributed by atoms with E-state index in [2.05, 4.69) is 6.08 Å². The highest BCUT2D eigenvalue weighted by atomic mass is 16.4. The zero-order valence-electron chi connectivity index (χ0n) is 13.7. The lowest BCUT2D eigenvalue weighted by Crippen LogP contribution is -2.48. The van der Waals surface area contributed by atoms with Crippen LogP contribution in [0.3, 0.4) is 0 Å². The Morgan fingerprint density at radius 3 is 2.43 bits per heavy atom. The number of rotatable bonds is 7.